The molecule has 118 valence electrons. The standard InChI is InChI=1S/C15H23NO4S/c1-10(2)20-15-5-4-14(6-11(15)3)21(18,19)16-9-12-7-13(17)8-12/h4-6,10,12-13,16-17H,7-9H2,1-3H3. The van der Waals surface area contributed by atoms with Gasteiger partial charge in [0.2, 0.25) is 10.0 Å². The summed E-state index contributed by atoms with van der Waals surface area (Å²) in [6.45, 7) is 6.07. The summed E-state index contributed by atoms with van der Waals surface area (Å²) >= 11 is 0. The molecule has 1 fully saturated rings. The first kappa shape index (κ1) is 16.3. The van der Waals surface area contributed by atoms with Crippen LogP contribution in [0.3, 0.4) is 0 Å². The lowest BCUT2D eigenvalue weighted by Gasteiger charge is -2.31. The second kappa shape index (κ2) is 6.34. The minimum atomic E-state index is -3.50. The van der Waals surface area contributed by atoms with Gasteiger partial charge in [-0.15, -0.1) is 0 Å². The van der Waals surface area contributed by atoms with Gasteiger partial charge in [-0.25, -0.2) is 13.1 Å². The van der Waals surface area contributed by atoms with Crippen molar-refractivity contribution in [1.29, 1.82) is 0 Å². The number of aryl methyl sites for hydroxylation is 1. The molecule has 0 heterocycles. The second-order valence-electron chi connectivity index (χ2n) is 5.94. The fraction of sp³-hybridized carbons (Fsp3) is 0.600. The monoisotopic (exact) mass is 313 g/mol. The van der Waals surface area contributed by atoms with Crippen molar-refractivity contribution in [3.63, 3.8) is 0 Å². The van der Waals surface area contributed by atoms with Crippen LogP contribution in [-0.4, -0.2) is 32.3 Å². The summed E-state index contributed by atoms with van der Waals surface area (Å²) in [7, 11) is -3.50. The lowest BCUT2D eigenvalue weighted by atomic mass is 9.83. The molecule has 0 unspecified atom stereocenters. The van der Waals surface area contributed by atoms with Crippen molar-refractivity contribution < 1.29 is 18.3 Å². The van der Waals surface area contributed by atoms with E-state index in [1.165, 1.54) is 0 Å². The van der Waals surface area contributed by atoms with E-state index in [2.05, 4.69) is 4.72 Å². The van der Waals surface area contributed by atoms with E-state index in [4.69, 9.17) is 4.74 Å². The van der Waals surface area contributed by atoms with Crippen LogP contribution in [0.15, 0.2) is 23.1 Å². The largest absolute Gasteiger partial charge is 0.491 e. The molecule has 1 aliphatic rings. The maximum absolute atomic E-state index is 12.2. The van der Waals surface area contributed by atoms with Crippen molar-refractivity contribution in [2.75, 3.05) is 6.54 Å². The van der Waals surface area contributed by atoms with Crippen LogP contribution in [0.5, 0.6) is 5.75 Å². The van der Waals surface area contributed by atoms with E-state index in [0.717, 1.165) is 5.56 Å². The Morgan fingerprint density at radius 1 is 1.38 bits per heavy atom. The van der Waals surface area contributed by atoms with Crippen LogP contribution in [0.2, 0.25) is 0 Å². The van der Waals surface area contributed by atoms with Crippen molar-refractivity contribution in [3.05, 3.63) is 23.8 Å². The topological polar surface area (TPSA) is 75.6 Å². The molecule has 0 aliphatic heterocycles. The van der Waals surface area contributed by atoms with Crippen LogP contribution in [0.4, 0.5) is 0 Å². The summed E-state index contributed by atoms with van der Waals surface area (Å²) in [5, 5.41) is 9.21. The van der Waals surface area contributed by atoms with Gasteiger partial charge < -0.3 is 9.84 Å². The van der Waals surface area contributed by atoms with E-state index in [1.807, 2.05) is 20.8 Å². The van der Waals surface area contributed by atoms with Gasteiger partial charge in [0.05, 0.1) is 17.1 Å². The predicted molar refractivity (Wildman–Crippen MR) is 80.9 cm³/mol. The van der Waals surface area contributed by atoms with Gasteiger partial charge in [0.1, 0.15) is 5.75 Å². The van der Waals surface area contributed by atoms with Gasteiger partial charge in [-0.1, -0.05) is 0 Å². The highest BCUT2D eigenvalue weighted by Gasteiger charge is 2.28. The van der Waals surface area contributed by atoms with E-state index in [9.17, 15) is 13.5 Å². The zero-order valence-electron chi connectivity index (χ0n) is 12.7. The molecule has 1 saturated carbocycles. The highest BCUT2D eigenvalue weighted by molar-refractivity contribution is 7.89. The summed E-state index contributed by atoms with van der Waals surface area (Å²) in [5.41, 5.74) is 0.797. The maximum Gasteiger partial charge on any atom is 0.240 e. The number of aliphatic hydroxyl groups is 1. The highest BCUT2D eigenvalue weighted by atomic mass is 32.2. The van der Waals surface area contributed by atoms with Gasteiger partial charge in [-0.05, 0) is 63.3 Å². The molecule has 0 aromatic heterocycles. The van der Waals surface area contributed by atoms with Gasteiger partial charge in [0.15, 0.2) is 0 Å². The van der Waals surface area contributed by atoms with E-state index in [1.54, 1.807) is 18.2 Å². The van der Waals surface area contributed by atoms with Crippen molar-refractivity contribution in [3.8, 4) is 5.75 Å². The first-order valence-electron chi connectivity index (χ1n) is 7.23. The molecule has 0 saturated heterocycles. The molecular weight excluding hydrogens is 290 g/mol. The maximum atomic E-state index is 12.2. The molecule has 2 N–H and O–H groups in total. The van der Waals surface area contributed by atoms with Crippen molar-refractivity contribution in [2.24, 2.45) is 5.92 Å². The van der Waals surface area contributed by atoms with Crippen molar-refractivity contribution in [1.82, 2.24) is 4.72 Å². The Bertz CT molecular complexity index is 592. The van der Waals surface area contributed by atoms with Gasteiger partial charge >= 0.3 is 0 Å². The molecule has 1 aliphatic carbocycles. The molecule has 1 aromatic rings. The first-order valence-corrected chi connectivity index (χ1v) is 8.71. The number of ether oxygens (including phenoxy) is 1. The molecule has 0 spiro atoms. The number of sulfonamides is 1. The second-order valence-corrected chi connectivity index (χ2v) is 7.70. The summed E-state index contributed by atoms with van der Waals surface area (Å²) in [6, 6.07) is 4.87. The van der Waals surface area contributed by atoms with Crippen LogP contribution in [-0.2, 0) is 10.0 Å². The normalized spacial score (nSPS) is 22.1. The molecule has 0 bridgehead atoms. The van der Waals surface area contributed by atoms with E-state index < -0.39 is 10.0 Å². The van der Waals surface area contributed by atoms with E-state index in [-0.39, 0.29) is 23.0 Å². The number of aliphatic hydroxyl groups excluding tert-OH is 1. The number of benzene rings is 1. The van der Waals surface area contributed by atoms with Crippen LogP contribution in [0, 0.1) is 12.8 Å². The summed E-state index contributed by atoms with van der Waals surface area (Å²) < 4.78 is 32.7. The molecule has 2 rings (SSSR count). The molecule has 0 amide bonds. The predicted octanol–water partition coefficient (Wildman–Crippen LogP) is 1.83. The Morgan fingerprint density at radius 3 is 2.57 bits per heavy atom. The van der Waals surface area contributed by atoms with Crippen LogP contribution in [0.1, 0.15) is 32.3 Å². The molecule has 1 aromatic carbocycles. The Morgan fingerprint density at radius 2 is 2.05 bits per heavy atom. The van der Waals surface area contributed by atoms with E-state index in [0.29, 0.717) is 25.1 Å². The average Bonchev–Trinajstić information content (AvgIpc) is 2.35. The van der Waals surface area contributed by atoms with Gasteiger partial charge in [0, 0.05) is 6.54 Å². The third-order valence-electron chi connectivity index (χ3n) is 3.59. The minimum absolute atomic E-state index is 0.0503. The molecular formula is C15H23NO4S. The lowest BCUT2D eigenvalue weighted by molar-refractivity contribution is 0.0453. The third kappa shape index (κ3) is 4.18. The minimum Gasteiger partial charge on any atom is -0.491 e. The molecule has 21 heavy (non-hydrogen) atoms. The number of hydrogen-bond acceptors (Lipinski definition) is 4. The quantitative estimate of drug-likeness (QED) is 0.840. The zero-order valence-corrected chi connectivity index (χ0v) is 13.5. The summed E-state index contributed by atoms with van der Waals surface area (Å²) in [6.07, 6.45) is 1.12. The Hall–Kier alpha value is -1.11. The smallest absolute Gasteiger partial charge is 0.240 e. The molecule has 6 heteroatoms. The average molecular weight is 313 g/mol. The van der Waals surface area contributed by atoms with Gasteiger partial charge in [-0.3, -0.25) is 0 Å². The fourth-order valence-corrected chi connectivity index (χ4v) is 3.55. The van der Waals surface area contributed by atoms with Crippen LogP contribution < -0.4 is 9.46 Å². The van der Waals surface area contributed by atoms with Crippen molar-refractivity contribution >= 4 is 10.0 Å². The molecule has 5 nitrogen and oxygen atoms in total. The summed E-state index contributed by atoms with van der Waals surface area (Å²) in [5.74, 6) is 0.936. The summed E-state index contributed by atoms with van der Waals surface area (Å²) in [4.78, 5) is 0.246. The Labute approximate surface area is 126 Å². The number of nitrogens with one attached hydrogen (secondary N) is 1. The Kier molecular flexibility index (Phi) is 4.91. The third-order valence-corrected chi connectivity index (χ3v) is 5.01. The lowest BCUT2D eigenvalue weighted by Crippen LogP contribution is -2.38. The SMILES string of the molecule is Cc1cc(S(=O)(=O)NCC2CC(O)C2)ccc1OC(C)C. The number of rotatable bonds is 6. The fourth-order valence-electron chi connectivity index (χ4n) is 2.35. The van der Waals surface area contributed by atoms with Crippen LogP contribution in [0.25, 0.3) is 0 Å². The van der Waals surface area contributed by atoms with Crippen molar-refractivity contribution in [2.45, 2.75) is 50.7 Å². The molecule has 0 atom stereocenters. The Balaban J connectivity index is 2.04. The van der Waals surface area contributed by atoms with Gasteiger partial charge in [-0.2, -0.15) is 0 Å². The molecule has 0 radical (unpaired) electrons. The highest BCUT2D eigenvalue weighted by Crippen LogP contribution is 2.27. The van der Waals surface area contributed by atoms with Crippen LogP contribution >= 0.6 is 0 Å². The number of hydrogen-bond donors (Lipinski definition) is 2. The zero-order chi connectivity index (χ0) is 15.6. The van der Waals surface area contributed by atoms with Gasteiger partial charge in [0.25, 0.3) is 0 Å². The van der Waals surface area contributed by atoms with E-state index >= 15 is 0 Å². The first-order chi connectivity index (χ1) is 9.78.